The molecule has 3 rings (SSSR count). The smallest absolute Gasteiger partial charge is 0.254 e. The van der Waals surface area contributed by atoms with E-state index in [0.29, 0.717) is 25.3 Å². The SMILES string of the molecule is O=C(Nc1ccccn1)[C@@H]1CCCN(C(=O)c2ccc(O)c(O)c2)C1. The molecule has 3 N–H and O–H groups in total. The average molecular weight is 341 g/mol. The molecule has 130 valence electrons. The van der Waals surface area contributed by atoms with Gasteiger partial charge in [-0.3, -0.25) is 9.59 Å². The van der Waals surface area contributed by atoms with Gasteiger partial charge in [0.05, 0.1) is 5.92 Å². The number of phenolic OH excluding ortho intramolecular Hbond substituents is 2. The summed E-state index contributed by atoms with van der Waals surface area (Å²) in [6.45, 7) is 0.854. The summed E-state index contributed by atoms with van der Waals surface area (Å²) in [4.78, 5) is 30.7. The summed E-state index contributed by atoms with van der Waals surface area (Å²) in [7, 11) is 0. The van der Waals surface area contributed by atoms with Gasteiger partial charge in [0.25, 0.3) is 5.91 Å². The molecule has 25 heavy (non-hydrogen) atoms. The van der Waals surface area contributed by atoms with Gasteiger partial charge in [0.15, 0.2) is 11.5 Å². The Bertz CT molecular complexity index is 779. The molecule has 0 aliphatic carbocycles. The number of anilines is 1. The molecule has 1 aromatic heterocycles. The fourth-order valence-corrected chi connectivity index (χ4v) is 2.88. The molecule has 1 atom stereocenters. The van der Waals surface area contributed by atoms with Crippen LogP contribution in [0.3, 0.4) is 0 Å². The van der Waals surface area contributed by atoms with Crippen LogP contribution in [-0.2, 0) is 4.79 Å². The molecular weight excluding hydrogens is 322 g/mol. The minimum atomic E-state index is -0.340. The zero-order valence-electron chi connectivity index (χ0n) is 13.6. The van der Waals surface area contributed by atoms with Crippen molar-refractivity contribution in [3.63, 3.8) is 0 Å². The highest BCUT2D eigenvalue weighted by molar-refractivity contribution is 5.96. The van der Waals surface area contributed by atoms with Crippen LogP contribution in [0, 0.1) is 5.92 Å². The second kappa shape index (κ2) is 7.21. The second-order valence-corrected chi connectivity index (χ2v) is 6.00. The fraction of sp³-hybridized carbons (Fsp3) is 0.278. The maximum Gasteiger partial charge on any atom is 0.254 e. The third kappa shape index (κ3) is 3.88. The lowest BCUT2D eigenvalue weighted by Gasteiger charge is -2.32. The molecule has 7 heteroatoms. The van der Waals surface area contributed by atoms with Crippen molar-refractivity contribution < 1.29 is 19.8 Å². The number of hydrogen-bond donors (Lipinski definition) is 3. The van der Waals surface area contributed by atoms with E-state index >= 15 is 0 Å². The minimum Gasteiger partial charge on any atom is -0.504 e. The third-order valence-electron chi connectivity index (χ3n) is 4.22. The molecule has 2 heterocycles. The van der Waals surface area contributed by atoms with Gasteiger partial charge in [-0.2, -0.15) is 0 Å². The first kappa shape index (κ1) is 16.8. The predicted molar refractivity (Wildman–Crippen MR) is 91.3 cm³/mol. The average Bonchev–Trinajstić information content (AvgIpc) is 2.64. The molecule has 1 aliphatic rings. The van der Waals surface area contributed by atoms with Gasteiger partial charge in [0, 0.05) is 24.8 Å². The number of nitrogens with one attached hydrogen (secondary N) is 1. The molecular formula is C18H19N3O4. The van der Waals surface area contributed by atoms with E-state index in [1.165, 1.54) is 18.2 Å². The van der Waals surface area contributed by atoms with Gasteiger partial charge in [-0.15, -0.1) is 0 Å². The quantitative estimate of drug-likeness (QED) is 0.741. The van der Waals surface area contributed by atoms with E-state index in [2.05, 4.69) is 10.3 Å². The normalized spacial score (nSPS) is 17.1. The predicted octanol–water partition coefficient (Wildman–Crippen LogP) is 1.98. The van der Waals surface area contributed by atoms with Crippen LogP contribution in [-0.4, -0.2) is 45.0 Å². The van der Waals surface area contributed by atoms with Crippen molar-refractivity contribution in [2.45, 2.75) is 12.8 Å². The van der Waals surface area contributed by atoms with Crippen molar-refractivity contribution in [3.8, 4) is 11.5 Å². The van der Waals surface area contributed by atoms with E-state index in [1.54, 1.807) is 29.3 Å². The number of carbonyl (C=O) groups excluding carboxylic acids is 2. The van der Waals surface area contributed by atoms with E-state index in [0.717, 1.165) is 6.42 Å². The van der Waals surface area contributed by atoms with E-state index in [4.69, 9.17) is 0 Å². The van der Waals surface area contributed by atoms with Gasteiger partial charge >= 0.3 is 0 Å². The Morgan fingerprint density at radius 1 is 1.16 bits per heavy atom. The zero-order valence-corrected chi connectivity index (χ0v) is 13.6. The topological polar surface area (TPSA) is 103 Å². The monoisotopic (exact) mass is 341 g/mol. The number of pyridine rings is 1. The standard InChI is InChI=1S/C18H19N3O4/c22-14-7-6-12(10-15(14)23)18(25)21-9-3-4-13(11-21)17(24)20-16-5-1-2-8-19-16/h1-2,5-8,10,13,22-23H,3-4,9,11H2,(H,19,20,24)/t13-/m1/s1. The summed E-state index contributed by atoms with van der Waals surface area (Å²) >= 11 is 0. The maximum atomic E-state index is 12.6. The molecule has 1 aliphatic heterocycles. The van der Waals surface area contributed by atoms with Crippen molar-refractivity contribution in [3.05, 3.63) is 48.2 Å². The van der Waals surface area contributed by atoms with E-state index in [-0.39, 0.29) is 34.8 Å². The molecule has 0 spiro atoms. The van der Waals surface area contributed by atoms with Crippen LogP contribution in [0.25, 0.3) is 0 Å². The zero-order chi connectivity index (χ0) is 17.8. The van der Waals surface area contributed by atoms with Crippen molar-refractivity contribution >= 4 is 17.6 Å². The van der Waals surface area contributed by atoms with Crippen LogP contribution in [0.5, 0.6) is 11.5 Å². The number of phenols is 2. The molecule has 1 aromatic carbocycles. The first-order valence-electron chi connectivity index (χ1n) is 8.08. The van der Waals surface area contributed by atoms with E-state index in [9.17, 15) is 19.8 Å². The number of benzene rings is 1. The summed E-state index contributed by atoms with van der Waals surface area (Å²) in [5.41, 5.74) is 0.279. The summed E-state index contributed by atoms with van der Waals surface area (Å²) in [6, 6.07) is 9.23. The number of nitrogens with zero attached hydrogens (tertiary/aromatic N) is 2. The van der Waals surface area contributed by atoms with Gasteiger partial charge in [-0.05, 0) is 43.2 Å². The van der Waals surface area contributed by atoms with Gasteiger partial charge < -0.3 is 20.4 Å². The van der Waals surface area contributed by atoms with Crippen molar-refractivity contribution in [1.29, 1.82) is 0 Å². The van der Waals surface area contributed by atoms with E-state index in [1.807, 2.05) is 0 Å². The number of amides is 2. The molecule has 0 radical (unpaired) electrons. The number of aromatic nitrogens is 1. The van der Waals surface area contributed by atoms with Crippen LogP contribution in [0.15, 0.2) is 42.6 Å². The van der Waals surface area contributed by atoms with Gasteiger partial charge in [0.1, 0.15) is 5.82 Å². The van der Waals surface area contributed by atoms with Crippen molar-refractivity contribution in [1.82, 2.24) is 9.88 Å². The fourth-order valence-electron chi connectivity index (χ4n) is 2.88. The lowest BCUT2D eigenvalue weighted by molar-refractivity contribution is -0.121. The van der Waals surface area contributed by atoms with Gasteiger partial charge in [-0.1, -0.05) is 6.07 Å². The number of rotatable bonds is 3. The first-order chi connectivity index (χ1) is 12.0. The Kier molecular flexibility index (Phi) is 4.83. The Labute approximate surface area is 144 Å². The number of piperidine rings is 1. The van der Waals surface area contributed by atoms with Crippen LogP contribution >= 0.6 is 0 Å². The summed E-state index contributed by atoms with van der Waals surface area (Å²) in [5.74, 6) is -0.879. The minimum absolute atomic E-state index is 0.162. The molecule has 2 amide bonds. The molecule has 0 unspecified atom stereocenters. The summed E-state index contributed by atoms with van der Waals surface area (Å²) < 4.78 is 0. The first-order valence-corrected chi connectivity index (χ1v) is 8.08. The molecule has 7 nitrogen and oxygen atoms in total. The van der Waals surface area contributed by atoms with Crippen molar-refractivity contribution in [2.24, 2.45) is 5.92 Å². The highest BCUT2D eigenvalue weighted by atomic mass is 16.3. The second-order valence-electron chi connectivity index (χ2n) is 6.00. The lowest BCUT2D eigenvalue weighted by Crippen LogP contribution is -2.43. The molecule has 2 aromatic rings. The number of likely N-dealkylation sites (tertiary alicyclic amines) is 1. The number of hydrogen-bond acceptors (Lipinski definition) is 5. The highest BCUT2D eigenvalue weighted by Crippen LogP contribution is 2.27. The lowest BCUT2D eigenvalue weighted by atomic mass is 9.96. The molecule has 1 saturated heterocycles. The molecule has 1 fully saturated rings. The van der Waals surface area contributed by atoms with Gasteiger partial charge in [0.2, 0.25) is 5.91 Å². The van der Waals surface area contributed by atoms with Crippen molar-refractivity contribution in [2.75, 3.05) is 18.4 Å². The number of aromatic hydroxyl groups is 2. The Hall–Kier alpha value is -3.09. The number of carbonyl (C=O) groups is 2. The molecule has 0 bridgehead atoms. The summed E-state index contributed by atoms with van der Waals surface area (Å²) in [6.07, 6.45) is 3.02. The summed E-state index contributed by atoms with van der Waals surface area (Å²) in [5, 5.41) is 21.7. The maximum absolute atomic E-state index is 12.6. The van der Waals surface area contributed by atoms with Gasteiger partial charge in [-0.25, -0.2) is 4.98 Å². The van der Waals surface area contributed by atoms with Crippen LogP contribution in [0.2, 0.25) is 0 Å². The molecule has 0 saturated carbocycles. The Morgan fingerprint density at radius 3 is 2.72 bits per heavy atom. The van der Waals surface area contributed by atoms with Crippen LogP contribution < -0.4 is 5.32 Å². The Morgan fingerprint density at radius 2 is 2.00 bits per heavy atom. The Balaban J connectivity index is 1.67. The van der Waals surface area contributed by atoms with Crippen LogP contribution in [0.4, 0.5) is 5.82 Å². The van der Waals surface area contributed by atoms with E-state index < -0.39 is 0 Å². The largest absolute Gasteiger partial charge is 0.504 e. The van der Waals surface area contributed by atoms with Crippen LogP contribution in [0.1, 0.15) is 23.2 Å². The highest BCUT2D eigenvalue weighted by Gasteiger charge is 2.29. The third-order valence-corrected chi connectivity index (χ3v) is 4.22.